The van der Waals surface area contributed by atoms with Gasteiger partial charge in [0.1, 0.15) is 11.6 Å². The summed E-state index contributed by atoms with van der Waals surface area (Å²) in [6, 6.07) is 3.00. The molecule has 2 aliphatic rings. The van der Waals surface area contributed by atoms with Crippen molar-refractivity contribution in [3.63, 3.8) is 0 Å². The molecule has 3 rings (SSSR count). The van der Waals surface area contributed by atoms with Crippen LogP contribution in [0.1, 0.15) is 38.2 Å². The molecule has 2 fully saturated rings. The Balaban J connectivity index is 1.77. The van der Waals surface area contributed by atoms with Gasteiger partial charge in [0, 0.05) is 11.6 Å². The second kappa shape index (κ2) is 6.33. The van der Waals surface area contributed by atoms with Gasteiger partial charge in [-0.2, -0.15) is 0 Å². The van der Waals surface area contributed by atoms with Crippen LogP contribution in [0.3, 0.4) is 0 Å². The Kier molecular flexibility index (Phi) is 4.65. The molecular weight excluding hydrogens is 336 g/mol. The number of fused-ring (bicyclic) bond motifs is 1. The van der Waals surface area contributed by atoms with Gasteiger partial charge in [0.25, 0.3) is 0 Å². The summed E-state index contributed by atoms with van der Waals surface area (Å²) < 4.78 is 28.6. The molecule has 1 aromatic carbocycles. The summed E-state index contributed by atoms with van der Waals surface area (Å²) in [5.41, 5.74) is 0.225. The van der Waals surface area contributed by atoms with Crippen molar-refractivity contribution in [1.82, 2.24) is 5.32 Å². The van der Waals surface area contributed by atoms with Gasteiger partial charge in [0.15, 0.2) is 0 Å². The van der Waals surface area contributed by atoms with Crippen molar-refractivity contribution in [2.45, 2.75) is 45.1 Å². The minimum absolute atomic E-state index is 0.207. The smallest absolute Gasteiger partial charge is 0.143 e. The molecule has 1 N–H and O–H groups in total. The summed E-state index contributed by atoms with van der Waals surface area (Å²) in [5, 5.41) is 3.53. The van der Waals surface area contributed by atoms with Gasteiger partial charge in [0.05, 0.1) is 4.47 Å². The lowest BCUT2D eigenvalue weighted by Crippen LogP contribution is -2.35. The molecule has 116 valence electrons. The summed E-state index contributed by atoms with van der Waals surface area (Å²) in [5.74, 6) is 1.33. The molecule has 1 aromatic rings. The van der Waals surface area contributed by atoms with Gasteiger partial charge in [-0.3, -0.25) is 0 Å². The molecule has 2 aliphatic carbocycles. The molecule has 2 saturated carbocycles. The van der Waals surface area contributed by atoms with Gasteiger partial charge in [-0.25, -0.2) is 8.78 Å². The van der Waals surface area contributed by atoms with E-state index >= 15 is 0 Å². The summed E-state index contributed by atoms with van der Waals surface area (Å²) in [6.45, 7) is 3.04. The highest BCUT2D eigenvalue weighted by Crippen LogP contribution is 2.59. The van der Waals surface area contributed by atoms with E-state index in [2.05, 4.69) is 28.2 Å². The zero-order valence-corrected chi connectivity index (χ0v) is 13.9. The first-order valence-corrected chi connectivity index (χ1v) is 8.78. The van der Waals surface area contributed by atoms with Crippen LogP contribution in [0.4, 0.5) is 8.78 Å². The number of halogens is 3. The maximum Gasteiger partial charge on any atom is 0.143 e. The second-order valence-electron chi connectivity index (χ2n) is 6.42. The van der Waals surface area contributed by atoms with Crippen molar-refractivity contribution < 1.29 is 8.78 Å². The molecule has 3 unspecified atom stereocenters. The molecule has 0 heterocycles. The molecule has 0 saturated heterocycles. The van der Waals surface area contributed by atoms with Crippen LogP contribution in [0.5, 0.6) is 0 Å². The van der Waals surface area contributed by atoms with E-state index in [-0.39, 0.29) is 11.6 Å². The van der Waals surface area contributed by atoms with Crippen LogP contribution in [0, 0.1) is 29.4 Å². The summed E-state index contributed by atoms with van der Waals surface area (Å²) in [4.78, 5) is 0. The van der Waals surface area contributed by atoms with Gasteiger partial charge >= 0.3 is 0 Å². The maximum atomic E-state index is 14.2. The van der Waals surface area contributed by atoms with Gasteiger partial charge < -0.3 is 5.32 Å². The fourth-order valence-electron chi connectivity index (χ4n) is 4.12. The molecule has 21 heavy (non-hydrogen) atoms. The maximum absolute atomic E-state index is 14.2. The molecule has 0 amide bonds. The fourth-order valence-corrected chi connectivity index (χ4v) is 4.50. The Bertz CT molecular complexity index is 510. The van der Waals surface area contributed by atoms with E-state index in [9.17, 15) is 8.78 Å². The lowest BCUT2D eigenvalue weighted by Gasteiger charge is -2.21. The normalized spacial score (nSPS) is 28.5. The highest BCUT2D eigenvalue weighted by atomic mass is 79.9. The highest BCUT2D eigenvalue weighted by molar-refractivity contribution is 9.10. The lowest BCUT2D eigenvalue weighted by atomic mass is 9.96. The van der Waals surface area contributed by atoms with Crippen molar-refractivity contribution in [2.24, 2.45) is 17.8 Å². The van der Waals surface area contributed by atoms with E-state index in [0.717, 1.165) is 24.8 Å². The van der Waals surface area contributed by atoms with E-state index in [0.29, 0.717) is 16.8 Å². The Morgan fingerprint density at radius 2 is 2.00 bits per heavy atom. The monoisotopic (exact) mass is 357 g/mol. The van der Waals surface area contributed by atoms with Crippen molar-refractivity contribution in [2.75, 3.05) is 6.54 Å². The van der Waals surface area contributed by atoms with E-state index in [4.69, 9.17) is 0 Å². The Hall–Kier alpha value is -0.480. The van der Waals surface area contributed by atoms with Gasteiger partial charge in [0.2, 0.25) is 0 Å². The van der Waals surface area contributed by atoms with Crippen LogP contribution >= 0.6 is 15.9 Å². The first kappa shape index (κ1) is 15.4. The SMILES string of the molecule is CCCNC(Cc1c(F)ccc(Br)c1F)C1C2CCCC21. The first-order valence-electron chi connectivity index (χ1n) is 7.99. The van der Waals surface area contributed by atoms with E-state index in [1.165, 1.54) is 31.4 Å². The Labute approximate surface area is 133 Å². The minimum Gasteiger partial charge on any atom is -0.313 e. The van der Waals surface area contributed by atoms with Gasteiger partial charge in [-0.05, 0) is 78.0 Å². The summed E-state index contributed by atoms with van der Waals surface area (Å²) in [6.07, 6.45) is 5.41. The Morgan fingerprint density at radius 1 is 1.29 bits per heavy atom. The third-order valence-corrected chi connectivity index (χ3v) is 5.77. The average Bonchev–Trinajstić information content (AvgIpc) is 2.94. The van der Waals surface area contributed by atoms with Crippen LogP contribution in [0.25, 0.3) is 0 Å². The van der Waals surface area contributed by atoms with Crippen LogP contribution < -0.4 is 5.32 Å². The predicted molar refractivity (Wildman–Crippen MR) is 84.2 cm³/mol. The molecule has 4 heteroatoms. The average molecular weight is 358 g/mol. The third-order valence-electron chi connectivity index (χ3n) is 5.16. The molecule has 3 atom stereocenters. The molecule has 0 spiro atoms. The fraction of sp³-hybridized carbons (Fsp3) is 0.647. The van der Waals surface area contributed by atoms with Crippen molar-refractivity contribution in [1.29, 1.82) is 0 Å². The van der Waals surface area contributed by atoms with Crippen molar-refractivity contribution >= 4 is 15.9 Å². The van der Waals surface area contributed by atoms with Crippen molar-refractivity contribution in [3.05, 3.63) is 33.8 Å². The lowest BCUT2D eigenvalue weighted by molar-refractivity contribution is 0.392. The number of benzene rings is 1. The number of nitrogens with one attached hydrogen (secondary N) is 1. The molecule has 0 radical (unpaired) electrons. The largest absolute Gasteiger partial charge is 0.313 e. The Morgan fingerprint density at radius 3 is 2.67 bits per heavy atom. The molecule has 1 nitrogen and oxygen atoms in total. The topological polar surface area (TPSA) is 12.0 Å². The van der Waals surface area contributed by atoms with Crippen LogP contribution in [0.2, 0.25) is 0 Å². The quantitative estimate of drug-likeness (QED) is 0.728. The van der Waals surface area contributed by atoms with Crippen LogP contribution in [0.15, 0.2) is 16.6 Å². The second-order valence-corrected chi connectivity index (χ2v) is 7.28. The van der Waals surface area contributed by atoms with Crippen LogP contribution in [-0.4, -0.2) is 12.6 Å². The number of rotatable bonds is 6. The van der Waals surface area contributed by atoms with E-state index in [1.54, 1.807) is 0 Å². The highest BCUT2D eigenvalue weighted by Gasteiger charge is 2.55. The molecule has 0 aromatic heterocycles. The molecule has 0 bridgehead atoms. The summed E-state index contributed by atoms with van der Waals surface area (Å²) in [7, 11) is 0. The minimum atomic E-state index is -0.441. The van der Waals surface area contributed by atoms with Crippen LogP contribution in [-0.2, 0) is 6.42 Å². The standard InChI is InChI=1S/C17H22BrF2N/c1-2-8-21-15(16-10-4-3-5-11(10)16)9-12-14(19)7-6-13(18)17(12)20/h6-7,10-11,15-16,21H,2-5,8-9H2,1H3. The zero-order valence-electron chi connectivity index (χ0n) is 12.3. The molecule has 0 aliphatic heterocycles. The summed E-state index contributed by atoms with van der Waals surface area (Å²) >= 11 is 3.16. The zero-order chi connectivity index (χ0) is 15.0. The third kappa shape index (κ3) is 3.02. The van der Waals surface area contributed by atoms with Gasteiger partial charge in [-0.15, -0.1) is 0 Å². The van der Waals surface area contributed by atoms with Gasteiger partial charge in [-0.1, -0.05) is 13.3 Å². The number of hydrogen-bond acceptors (Lipinski definition) is 1. The number of hydrogen-bond donors (Lipinski definition) is 1. The predicted octanol–water partition coefficient (Wildman–Crippen LogP) is 4.68. The molecular formula is C17H22BrF2N. The van der Waals surface area contributed by atoms with E-state index < -0.39 is 11.6 Å². The van der Waals surface area contributed by atoms with E-state index in [1.807, 2.05) is 0 Å². The first-order chi connectivity index (χ1) is 10.1. The van der Waals surface area contributed by atoms with Crippen molar-refractivity contribution in [3.8, 4) is 0 Å².